The third-order valence-electron chi connectivity index (χ3n) is 5.57. The topological polar surface area (TPSA) is 112 Å². The first-order chi connectivity index (χ1) is 16.0. The zero-order valence-corrected chi connectivity index (χ0v) is 18.7. The number of aryl methyl sites for hydroxylation is 1. The quantitative estimate of drug-likeness (QED) is 0.621. The highest BCUT2D eigenvalue weighted by Gasteiger charge is 2.35. The molecule has 1 aromatic carbocycles. The van der Waals surface area contributed by atoms with Crippen LogP contribution in [0.1, 0.15) is 35.2 Å². The van der Waals surface area contributed by atoms with Crippen LogP contribution in [0.25, 0.3) is 0 Å². The average molecular weight is 444 g/mol. The second kappa shape index (κ2) is 9.09. The van der Waals surface area contributed by atoms with Gasteiger partial charge in [0.05, 0.1) is 31.7 Å². The van der Waals surface area contributed by atoms with Crippen molar-refractivity contribution in [1.82, 2.24) is 9.55 Å². The van der Waals surface area contributed by atoms with Crippen LogP contribution in [0.5, 0.6) is 17.2 Å². The molecule has 1 aliphatic heterocycles. The van der Waals surface area contributed by atoms with Gasteiger partial charge in [0.25, 0.3) is 5.56 Å². The zero-order chi connectivity index (χ0) is 23.5. The Labute approximate surface area is 191 Å². The Hall–Kier alpha value is -4.25. The van der Waals surface area contributed by atoms with Gasteiger partial charge in [0, 0.05) is 24.2 Å². The van der Waals surface area contributed by atoms with Crippen LogP contribution in [0.4, 0.5) is 0 Å². The van der Waals surface area contributed by atoms with Crippen LogP contribution in [0.3, 0.4) is 0 Å². The van der Waals surface area contributed by atoms with Crippen LogP contribution in [0.2, 0.25) is 0 Å². The maximum absolute atomic E-state index is 13.7. The minimum Gasteiger partial charge on any atom is -0.493 e. The lowest BCUT2D eigenvalue weighted by molar-refractivity contribution is 0.310. The fourth-order valence-corrected chi connectivity index (χ4v) is 4.03. The minimum absolute atomic E-state index is 0.0216. The molecule has 0 bridgehead atoms. The van der Waals surface area contributed by atoms with Gasteiger partial charge in [-0.3, -0.25) is 9.78 Å². The molecule has 3 aromatic rings. The fourth-order valence-electron chi connectivity index (χ4n) is 4.03. The summed E-state index contributed by atoms with van der Waals surface area (Å²) < 4.78 is 18.5. The molecular formula is C25H24N4O4. The molecule has 8 nitrogen and oxygen atoms in total. The number of fused-ring (bicyclic) bond motifs is 1. The molecule has 4 rings (SSSR count). The Kier molecular flexibility index (Phi) is 6.05. The van der Waals surface area contributed by atoms with Gasteiger partial charge in [0.15, 0.2) is 11.5 Å². The van der Waals surface area contributed by atoms with Crippen LogP contribution in [-0.2, 0) is 6.54 Å². The van der Waals surface area contributed by atoms with E-state index in [-0.39, 0.29) is 17.0 Å². The van der Waals surface area contributed by atoms with Crippen LogP contribution in [0, 0.1) is 18.3 Å². The number of pyridine rings is 2. The third-order valence-corrected chi connectivity index (χ3v) is 5.57. The van der Waals surface area contributed by atoms with E-state index in [0.29, 0.717) is 47.2 Å². The average Bonchev–Trinajstić information content (AvgIpc) is 2.82. The van der Waals surface area contributed by atoms with Gasteiger partial charge in [-0.1, -0.05) is 12.1 Å². The van der Waals surface area contributed by atoms with Crippen molar-refractivity contribution in [2.24, 2.45) is 5.73 Å². The van der Waals surface area contributed by atoms with Gasteiger partial charge in [0.1, 0.15) is 17.4 Å². The lowest BCUT2D eigenvalue weighted by Crippen LogP contribution is -2.33. The van der Waals surface area contributed by atoms with Crippen molar-refractivity contribution in [3.8, 4) is 23.3 Å². The van der Waals surface area contributed by atoms with E-state index in [1.807, 2.05) is 32.0 Å². The lowest BCUT2D eigenvalue weighted by Gasteiger charge is -2.27. The van der Waals surface area contributed by atoms with Gasteiger partial charge < -0.3 is 24.5 Å². The predicted octanol–water partition coefficient (Wildman–Crippen LogP) is 3.23. The number of rotatable bonds is 6. The van der Waals surface area contributed by atoms with Crippen LogP contribution in [0.15, 0.2) is 65.0 Å². The van der Waals surface area contributed by atoms with Crippen molar-refractivity contribution >= 4 is 0 Å². The predicted molar refractivity (Wildman–Crippen MR) is 122 cm³/mol. The molecule has 33 heavy (non-hydrogen) atoms. The summed E-state index contributed by atoms with van der Waals surface area (Å²) in [7, 11) is 1.54. The highest BCUT2D eigenvalue weighted by atomic mass is 16.5. The normalized spacial score (nSPS) is 14.8. The van der Waals surface area contributed by atoms with Gasteiger partial charge in [-0.25, -0.2) is 0 Å². The smallest absolute Gasteiger partial charge is 0.259 e. The Morgan fingerprint density at radius 3 is 2.76 bits per heavy atom. The van der Waals surface area contributed by atoms with Crippen molar-refractivity contribution < 1.29 is 14.2 Å². The summed E-state index contributed by atoms with van der Waals surface area (Å²) in [5, 5.41) is 9.89. The first-order valence-corrected chi connectivity index (χ1v) is 10.5. The Balaban J connectivity index is 1.91. The maximum Gasteiger partial charge on any atom is 0.259 e. The first kappa shape index (κ1) is 22.0. The zero-order valence-electron chi connectivity index (χ0n) is 18.7. The Morgan fingerprint density at radius 1 is 1.27 bits per heavy atom. The minimum atomic E-state index is -0.712. The molecule has 2 N–H and O–H groups in total. The van der Waals surface area contributed by atoms with E-state index < -0.39 is 5.92 Å². The number of hydrogen-bond acceptors (Lipinski definition) is 7. The van der Waals surface area contributed by atoms with E-state index in [1.165, 1.54) is 0 Å². The number of nitrogens with zero attached hydrogens (tertiary/aromatic N) is 3. The number of hydrogen-bond donors (Lipinski definition) is 1. The SMILES string of the molecule is CCOc1ccc(C2C(C#N)=C(N)Oc3cc(C)n(Cc4cccnc4)c(=O)c32)cc1OC. The second-order valence-corrected chi connectivity index (χ2v) is 7.58. The van der Waals surface area contributed by atoms with E-state index in [0.717, 1.165) is 5.56 Å². The largest absolute Gasteiger partial charge is 0.493 e. The number of ether oxygens (including phenoxy) is 3. The van der Waals surface area contributed by atoms with Crippen molar-refractivity contribution in [3.05, 3.63) is 93.0 Å². The van der Waals surface area contributed by atoms with Gasteiger partial charge in [-0.05, 0) is 43.2 Å². The monoisotopic (exact) mass is 444 g/mol. The lowest BCUT2D eigenvalue weighted by atomic mass is 9.84. The summed E-state index contributed by atoms with van der Waals surface area (Å²) in [5.41, 5.74) is 8.63. The summed E-state index contributed by atoms with van der Waals surface area (Å²) >= 11 is 0. The van der Waals surface area contributed by atoms with Crippen molar-refractivity contribution in [2.45, 2.75) is 26.3 Å². The molecule has 1 atom stereocenters. The van der Waals surface area contributed by atoms with E-state index >= 15 is 0 Å². The summed E-state index contributed by atoms with van der Waals surface area (Å²) in [4.78, 5) is 17.9. The standard InChI is InChI=1S/C25H24N4O4/c1-4-32-19-8-7-17(11-20(19)31-3)22-18(12-26)24(27)33-21-10-15(2)29(25(30)23(21)22)14-16-6-5-9-28-13-16/h5-11,13,22H,4,14,27H2,1-3H3. The number of methoxy groups -OCH3 is 1. The number of aromatic nitrogens is 2. The third kappa shape index (κ3) is 4.01. The summed E-state index contributed by atoms with van der Waals surface area (Å²) in [5.74, 6) is 0.683. The van der Waals surface area contributed by atoms with Gasteiger partial charge >= 0.3 is 0 Å². The molecule has 3 heterocycles. The number of nitriles is 1. The van der Waals surface area contributed by atoms with Crippen molar-refractivity contribution in [3.63, 3.8) is 0 Å². The highest BCUT2D eigenvalue weighted by Crippen LogP contribution is 2.42. The molecule has 0 radical (unpaired) electrons. The molecule has 0 saturated heterocycles. The summed E-state index contributed by atoms with van der Waals surface area (Å²) in [6, 6.07) is 13.0. The molecule has 8 heteroatoms. The molecule has 0 saturated carbocycles. The van der Waals surface area contributed by atoms with Gasteiger partial charge in [0.2, 0.25) is 5.88 Å². The molecule has 0 fully saturated rings. The highest BCUT2D eigenvalue weighted by molar-refractivity contribution is 5.57. The summed E-state index contributed by atoms with van der Waals surface area (Å²) in [6.45, 7) is 4.53. The van der Waals surface area contributed by atoms with Gasteiger partial charge in [-0.15, -0.1) is 0 Å². The van der Waals surface area contributed by atoms with Crippen molar-refractivity contribution in [1.29, 1.82) is 5.26 Å². The number of allylic oxidation sites excluding steroid dienone is 1. The molecule has 1 aliphatic rings. The fraction of sp³-hybridized carbons (Fsp3) is 0.240. The Morgan fingerprint density at radius 2 is 2.09 bits per heavy atom. The Bertz CT molecular complexity index is 1320. The molecule has 1 unspecified atom stereocenters. The number of nitrogens with two attached hydrogens (primary N) is 1. The van der Waals surface area contributed by atoms with E-state index in [4.69, 9.17) is 19.9 Å². The number of benzene rings is 1. The van der Waals surface area contributed by atoms with Gasteiger partial charge in [-0.2, -0.15) is 5.26 Å². The molecule has 0 spiro atoms. The van der Waals surface area contributed by atoms with E-state index in [2.05, 4.69) is 11.1 Å². The van der Waals surface area contributed by atoms with E-state index in [9.17, 15) is 10.1 Å². The maximum atomic E-state index is 13.7. The molecule has 0 amide bonds. The van der Waals surface area contributed by atoms with Crippen LogP contribution < -0.4 is 25.5 Å². The van der Waals surface area contributed by atoms with Crippen LogP contribution >= 0.6 is 0 Å². The summed E-state index contributed by atoms with van der Waals surface area (Å²) in [6.07, 6.45) is 3.40. The first-order valence-electron chi connectivity index (χ1n) is 10.5. The second-order valence-electron chi connectivity index (χ2n) is 7.58. The van der Waals surface area contributed by atoms with Crippen LogP contribution in [-0.4, -0.2) is 23.3 Å². The molecule has 2 aromatic heterocycles. The van der Waals surface area contributed by atoms with E-state index in [1.54, 1.807) is 42.3 Å². The molecule has 0 aliphatic carbocycles. The van der Waals surface area contributed by atoms with Crippen molar-refractivity contribution in [2.75, 3.05) is 13.7 Å². The molecular weight excluding hydrogens is 420 g/mol. The molecule has 168 valence electrons.